The van der Waals surface area contributed by atoms with E-state index in [0.717, 1.165) is 34.4 Å². The van der Waals surface area contributed by atoms with Gasteiger partial charge in [-0.15, -0.1) is 0 Å². The molecule has 0 atom stereocenters. The summed E-state index contributed by atoms with van der Waals surface area (Å²) in [7, 11) is 0. The van der Waals surface area contributed by atoms with Gasteiger partial charge in [0.1, 0.15) is 6.61 Å². The molecule has 32 heavy (non-hydrogen) atoms. The van der Waals surface area contributed by atoms with Crippen LogP contribution in [0.25, 0.3) is 17.2 Å². The summed E-state index contributed by atoms with van der Waals surface area (Å²) < 4.78 is 44.1. The molecule has 0 bridgehead atoms. The molecule has 0 unspecified atom stereocenters. The molecule has 1 aliphatic rings. The molecule has 0 aliphatic heterocycles. The Morgan fingerprint density at radius 1 is 1.00 bits per heavy atom. The van der Waals surface area contributed by atoms with E-state index >= 15 is 0 Å². The van der Waals surface area contributed by atoms with Crippen LogP contribution in [0.15, 0.2) is 72.8 Å². The molecule has 0 saturated carbocycles. The zero-order valence-electron chi connectivity index (χ0n) is 16.8. The van der Waals surface area contributed by atoms with Crippen molar-refractivity contribution < 1.29 is 22.7 Å². The van der Waals surface area contributed by atoms with Crippen LogP contribution in [-0.4, -0.2) is 19.2 Å². The number of ether oxygens (including phenoxy) is 1. The number of rotatable bonds is 5. The fraction of sp³-hybridized carbons (Fsp3) is 0.160. The number of carbonyl (C=O) groups is 1. The largest absolute Gasteiger partial charge is 0.449 e. The normalized spacial score (nSPS) is 13.1. The highest BCUT2D eigenvalue weighted by molar-refractivity contribution is 6.30. The highest BCUT2D eigenvalue weighted by atomic mass is 35.5. The van der Waals surface area contributed by atoms with Crippen LogP contribution in [0.5, 0.6) is 0 Å². The molecule has 7 heteroatoms. The molecule has 1 aliphatic carbocycles. The molecule has 1 amide bonds. The third-order valence-corrected chi connectivity index (χ3v) is 5.48. The van der Waals surface area contributed by atoms with Crippen molar-refractivity contribution in [3.63, 3.8) is 0 Å². The van der Waals surface area contributed by atoms with Gasteiger partial charge in [0.05, 0.1) is 5.56 Å². The predicted molar refractivity (Wildman–Crippen MR) is 119 cm³/mol. The molecule has 0 spiro atoms. The van der Waals surface area contributed by atoms with Gasteiger partial charge >= 0.3 is 12.3 Å². The van der Waals surface area contributed by atoms with Crippen LogP contribution in [0.2, 0.25) is 5.02 Å². The van der Waals surface area contributed by atoms with Crippen LogP contribution in [0.4, 0.5) is 18.0 Å². The smallest absolute Gasteiger partial charge is 0.416 e. The van der Waals surface area contributed by atoms with Crippen molar-refractivity contribution in [1.29, 1.82) is 0 Å². The number of hydrogen-bond acceptors (Lipinski definition) is 2. The number of carbonyl (C=O) groups excluding carboxylic acids is 1. The molecule has 4 rings (SSSR count). The topological polar surface area (TPSA) is 38.3 Å². The average molecular weight is 458 g/mol. The number of fused-ring (bicyclic) bond motifs is 3. The SMILES string of the molecule is O=C(NCC=Cc1cc(Cl)cc(C(F)(F)F)c1)OCC1c2ccccc2-c2ccccc21. The number of halogens is 4. The van der Waals surface area contributed by atoms with Gasteiger partial charge in [0.2, 0.25) is 0 Å². The van der Waals surface area contributed by atoms with Gasteiger partial charge in [-0.25, -0.2) is 4.79 Å². The first kappa shape index (κ1) is 22.0. The minimum absolute atomic E-state index is 0.0102. The van der Waals surface area contributed by atoms with Gasteiger partial charge in [0.25, 0.3) is 0 Å². The molecule has 1 N–H and O–H groups in total. The minimum atomic E-state index is -4.48. The Balaban J connectivity index is 1.34. The summed E-state index contributed by atoms with van der Waals surface area (Å²) in [5, 5.41) is 2.57. The summed E-state index contributed by atoms with van der Waals surface area (Å²) in [4.78, 5) is 12.1. The van der Waals surface area contributed by atoms with Gasteiger partial charge in [0.15, 0.2) is 0 Å². The predicted octanol–water partition coefficient (Wildman–Crippen LogP) is 6.91. The van der Waals surface area contributed by atoms with Crippen LogP contribution < -0.4 is 5.32 Å². The van der Waals surface area contributed by atoms with E-state index in [1.807, 2.05) is 36.4 Å². The third kappa shape index (κ3) is 4.81. The summed E-state index contributed by atoms with van der Waals surface area (Å²) in [6.45, 7) is 0.289. The Hall–Kier alpha value is -3.25. The Bertz CT molecular complexity index is 1130. The van der Waals surface area contributed by atoms with E-state index in [4.69, 9.17) is 16.3 Å². The monoisotopic (exact) mass is 457 g/mol. The van der Waals surface area contributed by atoms with Gasteiger partial charge in [-0.3, -0.25) is 0 Å². The average Bonchev–Trinajstić information content (AvgIpc) is 3.08. The fourth-order valence-electron chi connectivity index (χ4n) is 3.86. The van der Waals surface area contributed by atoms with Gasteiger partial charge in [-0.05, 0) is 46.0 Å². The molecule has 0 radical (unpaired) electrons. The van der Waals surface area contributed by atoms with Gasteiger partial charge in [-0.1, -0.05) is 72.3 Å². The van der Waals surface area contributed by atoms with E-state index in [9.17, 15) is 18.0 Å². The Morgan fingerprint density at radius 2 is 1.62 bits per heavy atom. The van der Waals surface area contributed by atoms with Crippen LogP contribution in [-0.2, 0) is 10.9 Å². The van der Waals surface area contributed by atoms with E-state index in [1.165, 1.54) is 18.2 Å². The lowest BCUT2D eigenvalue weighted by Gasteiger charge is -2.14. The lowest BCUT2D eigenvalue weighted by molar-refractivity contribution is -0.137. The van der Waals surface area contributed by atoms with Crippen LogP contribution in [0.1, 0.15) is 28.2 Å². The maximum atomic E-state index is 12.9. The van der Waals surface area contributed by atoms with E-state index < -0.39 is 17.8 Å². The first-order valence-corrected chi connectivity index (χ1v) is 10.3. The molecule has 3 aromatic carbocycles. The lowest BCUT2D eigenvalue weighted by atomic mass is 9.98. The molecule has 0 aromatic heterocycles. The lowest BCUT2D eigenvalue weighted by Crippen LogP contribution is -2.26. The summed E-state index contributed by atoms with van der Waals surface area (Å²) in [5.74, 6) is -0.0454. The third-order valence-electron chi connectivity index (χ3n) is 5.27. The van der Waals surface area contributed by atoms with Crippen molar-refractivity contribution >= 4 is 23.8 Å². The highest BCUT2D eigenvalue weighted by Gasteiger charge is 2.31. The van der Waals surface area contributed by atoms with E-state index in [2.05, 4.69) is 17.4 Å². The number of benzene rings is 3. The van der Waals surface area contributed by atoms with Crippen LogP contribution >= 0.6 is 11.6 Å². The fourth-order valence-corrected chi connectivity index (χ4v) is 4.10. The Morgan fingerprint density at radius 3 is 2.25 bits per heavy atom. The molecule has 164 valence electrons. The van der Waals surface area contributed by atoms with Crippen LogP contribution in [0.3, 0.4) is 0 Å². The molecule has 0 saturated heterocycles. The minimum Gasteiger partial charge on any atom is -0.449 e. The van der Waals surface area contributed by atoms with Gasteiger partial charge in [0, 0.05) is 17.5 Å². The first-order chi connectivity index (χ1) is 15.3. The second-order valence-electron chi connectivity index (χ2n) is 7.38. The zero-order chi connectivity index (χ0) is 22.7. The van der Waals surface area contributed by atoms with Crippen molar-refractivity contribution in [2.45, 2.75) is 12.1 Å². The summed E-state index contributed by atoms with van der Waals surface area (Å²) in [5.41, 5.74) is 3.97. The second-order valence-corrected chi connectivity index (χ2v) is 7.82. The van der Waals surface area contributed by atoms with Crippen molar-refractivity contribution in [3.8, 4) is 11.1 Å². The number of amides is 1. The standard InChI is InChI=1S/C25H19ClF3NO2/c26-18-13-16(12-17(14-18)25(27,28)29)6-5-11-30-24(31)32-15-23-21-9-3-1-7-19(21)20-8-2-4-10-22(20)23/h1-10,12-14,23H,11,15H2,(H,30,31). The number of alkyl halides is 3. The number of nitrogens with one attached hydrogen (secondary N) is 1. The maximum absolute atomic E-state index is 12.9. The Kier molecular flexibility index (Phi) is 6.24. The summed E-state index contributed by atoms with van der Waals surface area (Å²) in [6.07, 6.45) is -2.08. The van der Waals surface area contributed by atoms with Crippen molar-refractivity contribution in [1.82, 2.24) is 5.32 Å². The maximum Gasteiger partial charge on any atom is 0.416 e. The van der Waals surface area contributed by atoms with E-state index in [1.54, 1.807) is 0 Å². The Labute approximate surface area is 188 Å². The highest BCUT2D eigenvalue weighted by Crippen LogP contribution is 2.44. The number of alkyl carbamates (subject to hydrolysis) is 1. The summed E-state index contributed by atoms with van der Waals surface area (Å²) in [6, 6.07) is 19.3. The van der Waals surface area contributed by atoms with Crippen molar-refractivity contribution in [2.24, 2.45) is 0 Å². The molecule has 3 aromatic rings. The summed E-state index contributed by atoms with van der Waals surface area (Å²) >= 11 is 5.77. The van der Waals surface area contributed by atoms with Crippen molar-refractivity contribution in [2.75, 3.05) is 13.2 Å². The van der Waals surface area contributed by atoms with Crippen LogP contribution in [0, 0.1) is 0 Å². The van der Waals surface area contributed by atoms with Gasteiger partial charge in [-0.2, -0.15) is 13.2 Å². The molecule has 0 fully saturated rings. The number of hydrogen-bond donors (Lipinski definition) is 1. The second kappa shape index (κ2) is 9.09. The molecular weight excluding hydrogens is 439 g/mol. The molecule has 3 nitrogen and oxygen atoms in total. The first-order valence-electron chi connectivity index (χ1n) is 9.96. The zero-order valence-corrected chi connectivity index (χ0v) is 17.6. The molecular formula is C25H19ClF3NO2. The quantitative estimate of drug-likeness (QED) is 0.452. The van der Waals surface area contributed by atoms with Gasteiger partial charge < -0.3 is 10.1 Å². The van der Waals surface area contributed by atoms with E-state index in [-0.39, 0.29) is 24.1 Å². The van der Waals surface area contributed by atoms with Crippen molar-refractivity contribution in [3.05, 3.63) is 100 Å². The molecule has 0 heterocycles. The van der Waals surface area contributed by atoms with E-state index in [0.29, 0.717) is 5.56 Å².